The summed E-state index contributed by atoms with van der Waals surface area (Å²) < 4.78 is 18.3. The van der Waals surface area contributed by atoms with Gasteiger partial charge in [-0.05, 0) is 48.4 Å². The van der Waals surface area contributed by atoms with Crippen molar-refractivity contribution >= 4 is 23.4 Å². The van der Waals surface area contributed by atoms with E-state index in [2.05, 4.69) is 20.4 Å². The zero-order valence-corrected chi connectivity index (χ0v) is 15.8. The molecule has 2 N–H and O–H groups in total. The number of pyridine rings is 1. The molecule has 2 aromatic carbocycles. The molecule has 0 saturated carbocycles. The molecule has 0 atom stereocenters. The molecule has 148 valence electrons. The summed E-state index contributed by atoms with van der Waals surface area (Å²) in [6, 6.07) is 16.3. The van der Waals surface area contributed by atoms with Crippen molar-refractivity contribution in [2.75, 3.05) is 24.3 Å². The molecule has 0 unspecified atom stereocenters. The van der Waals surface area contributed by atoms with Crippen molar-refractivity contribution in [2.24, 2.45) is 0 Å². The molecule has 0 aliphatic rings. The molecule has 0 radical (unpaired) electrons. The van der Waals surface area contributed by atoms with E-state index in [4.69, 9.17) is 0 Å². The summed E-state index contributed by atoms with van der Waals surface area (Å²) in [4.78, 5) is 28.3. The highest BCUT2D eigenvalue weighted by molar-refractivity contribution is 6.05. The van der Waals surface area contributed by atoms with Crippen molar-refractivity contribution < 1.29 is 18.7 Å². The van der Waals surface area contributed by atoms with E-state index in [-0.39, 0.29) is 11.7 Å². The van der Waals surface area contributed by atoms with Crippen LogP contribution in [-0.2, 0) is 11.2 Å². The summed E-state index contributed by atoms with van der Waals surface area (Å²) in [7, 11) is 1.30. The van der Waals surface area contributed by atoms with E-state index in [0.29, 0.717) is 41.2 Å². The van der Waals surface area contributed by atoms with Gasteiger partial charge in [0, 0.05) is 24.0 Å². The van der Waals surface area contributed by atoms with Crippen LogP contribution in [0.2, 0.25) is 0 Å². The van der Waals surface area contributed by atoms with Crippen LogP contribution in [0.15, 0.2) is 66.9 Å². The van der Waals surface area contributed by atoms with Crippen molar-refractivity contribution in [3.63, 3.8) is 0 Å². The lowest BCUT2D eigenvalue weighted by Gasteiger charge is -2.09. The summed E-state index contributed by atoms with van der Waals surface area (Å²) >= 11 is 0. The van der Waals surface area contributed by atoms with Gasteiger partial charge in [-0.1, -0.05) is 24.3 Å². The Morgan fingerprint density at radius 3 is 2.66 bits per heavy atom. The van der Waals surface area contributed by atoms with Crippen LogP contribution in [-0.4, -0.2) is 30.5 Å². The van der Waals surface area contributed by atoms with Crippen LogP contribution in [0.4, 0.5) is 15.9 Å². The van der Waals surface area contributed by atoms with Gasteiger partial charge in [0.05, 0.1) is 12.7 Å². The van der Waals surface area contributed by atoms with E-state index in [1.165, 1.54) is 19.4 Å². The van der Waals surface area contributed by atoms with Crippen LogP contribution < -0.4 is 10.6 Å². The van der Waals surface area contributed by atoms with Gasteiger partial charge < -0.3 is 15.4 Å². The van der Waals surface area contributed by atoms with Gasteiger partial charge in [-0.25, -0.2) is 14.2 Å². The molecule has 29 heavy (non-hydrogen) atoms. The first-order valence-electron chi connectivity index (χ1n) is 9.00. The van der Waals surface area contributed by atoms with Crippen molar-refractivity contribution in [3.05, 3.63) is 89.4 Å². The third-order valence-corrected chi connectivity index (χ3v) is 4.22. The van der Waals surface area contributed by atoms with E-state index in [0.717, 1.165) is 0 Å². The third kappa shape index (κ3) is 5.38. The molecule has 0 spiro atoms. The van der Waals surface area contributed by atoms with Crippen LogP contribution in [0.1, 0.15) is 26.3 Å². The Kier molecular flexibility index (Phi) is 6.52. The van der Waals surface area contributed by atoms with Crippen LogP contribution >= 0.6 is 0 Å². The number of amides is 1. The number of hydrogen-bond acceptors (Lipinski definition) is 5. The monoisotopic (exact) mass is 393 g/mol. The second kappa shape index (κ2) is 9.45. The predicted molar refractivity (Wildman–Crippen MR) is 109 cm³/mol. The number of halogens is 1. The molecule has 3 rings (SSSR count). The molecule has 1 amide bonds. The molecule has 0 aliphatic carbocycles. The number of anilines is 2. The van der Waals surface area contributed by atoms with Crippen LogP contribution in [0.5, 0.6) is 0 Å². The summed E-state index contributed by atoms with van der Waals surface area (Å²) in [5, 5.41) is 5.83. The lowest BCUT2D eigenvalue weighted by Crippen LogP contribution is -2.14. The van der Waals surface area contributed by atoms with E-state index in [9.17, 15) is 14.0 Å². The number of esters is 1. The zero-order chi connectivity index (χ0) is 20.6. The largest absolute Gasteiger partial charge is 0.465 e. The number of nitrogens with one attached hydrogen (secondary N) is 2. The van der Waals surface area contributed by atoms with Crippen molar-refractivity contribution in [1.82, 2.24) is 4.98 Å². The van der Waals surface area contributed by atoms with Gasteiger partial charge in [0.1, 0.15) is 11.6 Å². The van der Waals surface area contributed by atoms with Gasteiger partial charge in [0.25, 0.3) is 5.91 Å². The number of nitrogens with zero attached hydrogens (tertiary/aromatic N) is 1. The maximum Gasteiger partial charge on any atom is 0.337 e. The average molecular weight is 393 g/mol. The normalized spacial score (nSPS) is 10.3. The number of rotatable bonds is 7. The molecule has 0 saturated heterocycles. The molecule has 0 aliphatic heterocycles. The van der Waals surface area contributed by atoms with Crippen LogP contribution in [0.3, 0.4) is 0 Å². The Hall–Kier alpha value is -3.74. The lowest BCUT2D eigenvalue weighted by atomic mass is 10.1. The molecule has 1 heterocycles. The standard InChI is InChI=1S/C22H20FN3O3/c1-29-22(28)17-6-4-7-18(13-17)26-21(27)16-10-12-25-20(14-16)24-11-9-15-5-2-3-8-19(15)23/h2-8,10,12-14H,9,11H2,1H3,(H,24,25)(H,26,27). The zero-order valence-electron chi connectivity index (χ0n) is 15.8. The second-order valence-electron chi connectivity index (χ2n) is 6.22. The molecule has 7 heteroatoms. The van der Waals surface area contributed by atoms with Gasteiger partial charge in [-0.2, -0.15) is 0 Å². The highest BCUT2D eigenvalue weighted by Crippen LogP contribution is 2.15. The number of hydrogen-bond donors (Lipinski definition) is 2. The SMILES string of the molecule is COC(=O)c1cccc(NC(=O)c2ccnc(NCCc3ccccc3F)c2)c1. The fourth-order valence-corrected chi connectivity index (χ4v) is 2.74. The summed E-state index contributed by atoms with van der Waals surface area (Å²) in [5.41, 5.74) is 1.83. The van der Waals surface area contributed by atoms with E-state index in [1.807, 2.05) is 0 Å². The molecule has 6 nitrogen and oxygen atoms in total. The van der Waals surface area contributed by atoms with Gasteiger partial charge in [0.15, 0.2) is 0 Å². The molecule has 0 bridgehead atoms. The Balaban J connectivity index is 1.62. The summed E-state index contributed by atoms with van der Waals surface area (Å²) in [6.07, 6.45) is 2.01. The van der Waals surface area contributed by atoms with Crippen LogP contribution in [0, 0.1) is 5.82 Å². The Bertz CT molecular complexity index is 1020. The summed E-state index contributed by atoms with van der Waals surface area (Å²) in [6.45, 7) is 0.472. The molecule has 3 aromatic rings. The fraction of sp³-hybridized carbons (Fsp3) is 0.136. The highest BCUT2D eigenvalue weighted by atomic mass is 19.1. The smallest absolute Gasteiger partial charge is 0.337 e. The summed E-state index contributed by atoms with van der Waals surface area (Å²) in [5.74, 6) is -0.556. The number of carbonyl (C=O) groups excluding carboxylic acids is 2. The Morgan fingerprint density at radius 1 is 1.03 bits per heavy atom. The lowest BCUT2D eigenvalue weighted by molar-refractivity contribution is 0.0600. The first-order valence-corrected chi connectivity index (χ1v) is 9.00. The number of aromatic nitrogens is 1. The highest BCUT2D eigenvalue weighted by Gasteiger charge is 2.10. The number of ether oxygens (including phenoxy) is 1. The average Bonchev–Trinajstić information content (AvgIpc) is 2.75. The van der Waals surface area contributed by atoms with Gasteiger partial charge in [-0.15, -0.1) is 0 Å². The fourth-order valence-electron chi connectivity index (χ4n) is 2.74. The van der Waals surface area contributed by atoms with E-state index < -0.39 is 5.97 Å². The maximum absolute atomic E-state index is 13.7. The molecule has 1 aromatic heterocycles. The van der Waals surface area contributed by atoms with Gasteiger partial charge in [0.2, 0.25) is 0 Å². The van der Waals surface area contributed by atoms with Crippen molar-refractivity contribution in [2.45, 2.75) is 6.42 Å². The maximum atomic E-state index is 13.7. The van der Waals surface area contributed by atoms with Gasteiger partial charge >= 0.3 is 5.97 Å². The minimum Gasteiger partial charge on any atom is -0.465 e. The van der Waals surface area contributed by atoms with Crippen molar-refractivity contribution in [3.8, 4) is 0 Å². The first-order chi connectivity index (χ1) is 14.1. The third-order valence-electron chi connectivity index (χ3n) is 4.22. The van der Waals surface area contributed by atoms with Crippen LogP contribution in [0.25, 0.3) is 0 Å². The molecular formula is C22H20FN3O3. The number of methoxy groups -OCH3 is 1. The molecular weight excluding hydrogens is 373 g/mol. The predicted octanol–water partition coefficient (Wildman–Crippen LogP) is 3.91. The Morgan fingerprint density at radius 2 is 1.86 bits per heavy atom. The quantitative estimate of drug-likeness (QED) is 0.595. The number of carbonyl (C=O) groups is 2. The van der Waals surface area contributed by atoms with Gasteiger partial charge in [-0.3, -0.25) is 4.79 Å². The first kappa shape index (κ1) is 20.0. The minimum atomic E-state index is -0.480. The minimum absolute atomic E-state index is 0.246. The Labute approximate surface area is 167 Å². The molecule has 0 fully saturated rings. The second-order valence-corrected chi connectivity index (χ2v) is 6.22. The van der Waals surface area contributed by atoms with E-state index >= 15 is 0 Å². The van der Waals surface area contributed by atoms with Crippen molar-refractivity contribution in [1.29, 1.82) is 0 Å². The topological polar surface area (TPSA) is 80.3 Å². The number of benzene rings is 2. The van der Waals surface area contributed by atoms with E-state index in [1.54, 1.807) is 54.6 Å².